The lowest BCUT2D eigenvalue weighted by atomic mass is 10.1. The fourth-order valence-electron chi connectivity index (χ4n) is 2.91. The van der Waals surface area contributed by atoms with Crippen LogP contribution in [0.5, 0.6) is 34.5 Å². The van der Waals surface area contributed by atoms with Gasteiger partial charge in [-0.25, -0.2) is 0 Å². The molecule has 0 unspecified atom stereocenters. The van der Waals surface area contributed by atoms with Gasteiger partial charge in [0.05, 0.1) is 28.4 Å². The van der Waals surface area contributed by atoms with Crippen LogP contribution in [0.1, 0.15) is 0 Å². The normalized spacial score (nSPS) is 10.7. The lowest BCUT2D eigenvalue weighted by molar-refractivity contribution is 0.349. The number of fused-ring (bicyclic) bond motifs is 1. The van der Waals surface area contributed by atoms with Crippen LogP contribution in [-0.2, 0) is 0 Å². The van der Waals surface area contributed by atoms with Gasteiger partial charge in [-0.1, -0.05) is 0 Å². The molecule has 0 amide bonds. The molecule has 27 heavy (non-hydrogen) atoms. The van der Waals surface area contributed by atoms with Crippen LogP contribution in [0.2, 0.25) is 0 Å². The summed E-state index contributed by atoms with van der Waals surface area (Å²) in [5, 5.41) is 19.9. The lowest BCUT2D eigenvalue weighted by Crippen LogP contribution is -2.04. The molecule has 142 valence electrons. The van der Waals surface area contributed by atoms with Crippen LogP contribution in [0.15, 0.2) is 33.5 Å². The number of methoxy groups -OCH3 is 4. The van der Waals surface area contributed by atoms with Gasteiger partial charge in [0.2, 0.25) is 5.75 Å². The number of hydrogen-bond donors (Lipinski definition) is 2. The summed E-state index contributed by atoms with van der Waals surface area (Å²) in [7, 11) is 5.69. The highest BCUT2D eigenvalue weighted by molar-refractivity contribution is 5.92. The number of rotatable bonds is 5. The molecule has 0 saturated heterocycles. The van der Waals surface area contributed by atoms with Crippen molar-refractivity contribution in [3.63, 3.8) is 0 Å². The first-order valence-electron chi connectivity index (χ1n) is 7.82. The Balaban J connectivity index is 2.45. The van der Waals surface area contributed by atoms with Crippen LogP contribution in [0.3, 0.4) is 0 Å². The number of phenols is 2. The van der Waals surface area contributed by atoms with Crippen molar-refractivity contribution in [3.8, 4) is 45.8 Å². The van der Waals surface area contributed by atoms with Gasteiger partial charge in [-0.05, 0) is 12.1 Å². The van der Waals surface area contributed by atoms with Crippen LogP contribution in [-0.4, -0.2) is 38.7 Å². The molecule has 1 aromatic heterocycles. The van der Waals surface area contributed by atoms with Crippen molar-refractivity contribution in [2.24, 2.45) is 0 Å². The molecule has 2 N–H and O–H groups in total. The number of ether oxygens (including phenoxy) is 4. The van der Waals surface area contributed by atoms with Gasteiger partial charge in [0.25, 0.3) is 0 Å². The Morgan fingerprint density at radius 2 is 1.44 bits per heavy atom. The highest BCUT2D eigenvalue weighted by Gasteiger charge is 2.24. The Hall–Kier alpha value is -3.55. The third kappa shape index (κ3) is 2.84. The Bertz CT molecular complexity index is 1070. The number of hydrogen-bond acceptors (Lipinski definition) is 8. The Kier molecular flexibility index (Phi) is 4.72. The standard InChI is InChI=1S/C19H18O8/c1-23-12-5-6-13(24-2)18(26-4)16(12)14-8-10(21)15-9(20)7-11(22)17(25-3)19(15)27-14/h5-8,20,22H,1-4H3. The smallest absolute Gasteiger partial charge is 0.204 e. The third-order valence-electron chi connectivity index (χ3n) is 4.09. The van der Waals surface area contributed by atoms with E-state index in [1.54, 1.807) is 12.1 Å². The van der Waals surface area contributed by atoms with Crippen molar-refractivity contribution in [1.29, 1.82) is 0 Å². The number of aromatic hydroxyl groups is 2. The molecule has 0 fully saturated rings. The second kappa shape index (κ2) is 6.99. The van der Waals surface area contributed by atoms with Crippen LogP contribution in [0.4, 0.5) is 0 Å². The Labute approximate surface area is 154 Å². The van der Waals surface area contributed by atoms with Crippen molar-refractivity contribution in [1.82, 2.24) is 0 Å². The molecule has 3 aromatic rings. The van der Waals surface area contributed by atoms with Gasteiger partial charge in [0, 0.05) is 12.1 Å². The van der Waals surface area contributed by atoms with Crippen molar-refractivity contribution in [2.45, 2.75) is 0 Å². The summed E-state index contributed by atoms with van der Waals surface area (Å²) in [5.74, 6) is 0.287. The molecule has 0 bridgehead atoms. The zero-order valence-electron chi connectivity index (χ0n) is 15.2. The monoisotopic (exact) mass is 374 g/mol. The van der Waals surface area contributed by atoms with E-state index in [0.29, 0.717) is 22.8 Å². The molecule has 3 rings (SSSR count). The summed E-state index contributed by atoms with van der Waals surface area (Å²) < 4.78 is 27.1. The van der Waals surface area contributed by atoms with Crippen LogP contribution in [0, 0.1) is 0 Å². The van der Waals surface area contributed by atoms with Crippen molar-refractivity contribution < 1.29 is 33.6 Å². The highest BCUT2D eigenvalue weighted by Crippen LogP contribution is 2.46. The maximum absolute atomic E-state index is 12.7. The first kappa shape index (κ1) is 18.2. The molecule has 0 aliphatic rings. The van der Waals surface area contributed by atoms with E-state index in [1.165, 1.54) is 34.5 Å². The van der Waals surface area contributed by atoms with Crippen LogP contribution < -0.4 is 24.4 Å². The SMILES string of the molecule is COc1ccc(OC)c(-c2cc(=O)c3c(O)cc(O)c(OC)c3o2)c1OC. The Morgan fingerprint density at radius 1 is 0.815 bits per heavy atom. The van der Waals surface area contributed by atoms with Crippen molar-refractivity contribution >= 4 is 11.0 Å². The maximum atomic E-state index is 12.7. The topological polar surface area (TPSA) is 108 Å². The van der Waals surface area contributed by atoms with Crippen molar-refractivity contribution in [3.05, 3.63) is 34.5 Å². The maximum Gasteiger partial charge on any atom is 0.204 e. The molecule has 0 aliphatic heterocycles. The van der Waals surface area contributed by atoms with Gasteiger partial charge >= 0.3 is 0 Å². The van der Waals surface area contributed by atoms with Gasteiger partial charge in [0.15, 0.2) is 28.3 Å². The van der Waals surface area contributed by atoms with E-state index in [-0.39, 0.29) is 28.2 Å². The van der Waals surface area contributed by atoms with E-state index in [9.17, 15) is 15.0 Å². The minimum atomic E-state index is -0.533. The quantitative estimate of drug-likeness (QED) is 0.702. The van der Waals surface area contributed by atoms with Crippen LogP contribution >= 0.6 is 0 Å². The molecule has 0 saturated carbocycles. The molecule has 0 aliphatic carbocycles. The first-order valence-corrected chi connectivity index (χ1v) is 7.82. The minimum absolute atomic E-state index is 0.0809. The zero-order chi connectivity index (χ0) is 19.7. The second-order valence-electron chi connectivity index (χ2n) is 5.51. The molecular formula is C19H18O8. The Morgan fingerprint density at radius 3 is 2.04 bits per heavy atom. The largest absolute Gasteiger partial charge is 0.507 e. The van der Waals surface area contributed by atoms with E-state index in [2.05, 4.69) is 0 Å². The minimum Gasteiger partial charge on any atom is -0.507 e. The van der Waals surface area contributed by atoms with Gasteiger partial charge in [0.1, 0.15) is 28.2 Å². The average Bonchev–Trinajstić information content (AvgIpc) is 2.66. The predicted molar refractivity (Wildman–Crippen MR) is 97.5 cm³/mol. The second-order valence-corrected chi connectivity index (χ2v) is 5.51. The summed E-state index contributed by atoms with van der Waals surface area (Å²) in [6.45, 7) is 0. The fourth-order valence-corrected chi connectivity index (χ4v) is 2.91. The third-order valence-corrected chi connectivity index (χ3v) is 4.09. The lowest BCUT2D eigenvalue weighted by Gasteiger charge is -2.16. The molecular weight excluding hydrogens is 356 g/mol. The van der Waals surface area contributed by atoms with Crippen LogP contribution in [0.25, 0.3) is 22.3 Å². The molecule has 8 heteroatoms. The molecule has 2 aromatic carbocycles. The molecule has 0 spiro atoms. The summed E-state index contributed by atoms with van der Waals surface area (Å²) in [5.41, 5.74) is -0.304. The van der Waals surface area contributed by atoms with Gasteiger partial charge < -0.3 is 33.6 Å². The van der Waals surface area contributed by atoms with E-state index in [0.717, 1.165) is 6.07 Å². The number of phenolic OH excluding ortho intramolecular Hbond substituents is 2. The summed E-state index contributed by atoms with van der Waals surface area (Å²) >= 11 is 0. The summed E-state index contributed by atoms with van der Waals surface area (Å²) in [6, 6.07) is 5.50. The molecule has 8 nitrogen and oxygen atoms in total. The molecule has 1 heterocycles. The predicted octanol–water partition coefficient (Wildman–Crippen LogP) is 2.91. The first-order chi connectivity index (χ1) is 13.0. The average molecular weight is 374 g/mol. The van der Waals surface area contributed by atoms with Gasteiger partial charge in [-0.15, -0.1) is 0 Å². The fraction of sp³-hybridized carbons (Fsp3) is 0.211. The van der Waals surface area contributed by atoms with Crippen molar-refractivity contribution in [2.75, 3.05) is 28.4 Å². The highest BCUT2D eigenvalue weighted by atomic mass is 16.5. The van der Waals surface area contributed by atoms with Gasteiger partial charge in [-0.3, -0.25) is 4.79 Å². The van der Waals surface area contributed by atoms with E-state index < -0.39 is 11.2 Å². The number of benzene rings is 2. The van der Waals surface area contributed by atoms with E-state index in [4.69, 9.17) is 23.4 Å². The summed E-state index contributed by atoms with van der Waals surface area (Å²) in [6.07, 6.45) is 0. The molecule has 0 atom stereocenters. The molecule has 0 radical (unpaired) electrons. The zero-order valence-corrected chi connectivity index (χ0v) is 15.2. The van der Waals surface area contributed by atoms with E-state index >= 15 is 0 Å². The van der Waals surface area contributed by atoms with Gasteiger partial charge in [-0.2, -0.15) is 0 Å². The summed E-state index contributed by atoms with van der Waals surface area (Å²) in [4.78, 5) is 12.7. The van der Waals surface area contributed by atoms with E-state index in [1.807, 2.05) is 0 Å².